The molecule has 0 atom stereocenters. The predicted octanol–water partition coefficient (Wildman–Crippen LogP) is 3.65. The lowest BCUT2D eigenvalue weighted by Crippen LogP contribution is -2.29. The Bertz CT molecular complexity index is 818. The Kier molecular flexibility index (Phi) is 7.81. The summed E-state index contributed by atoms with van der Waals surface area (Å²) in [5.41, 5.74) is 0.469. The molecule has 154 valence electrons. The van der Waals surface area contributed by atoms with Crippen LogP contribution < -0.4 is 9.47 Å². The van der Waals surface area contributed by atoms with Crippen LogP contribution in [0, 0.1) is 0 Å². The summed E-state index contributed by atoms with van der Waals surface area (Å²) in [5, 5.41) is 0. The zero-order valence-electron chi connectivity index (χ0n) is 16.5. The smallest absolute Gasteiger partial charge is 0.339 e. The molecule has 1 aliphatic heterocycles. The maximum absolute atomic E-state index is 12.5. The number of hydrogen-bond acceptors (Lipinski definition) is 6. The van der Waals surface area contributed by atoms with Gasteiger partial charge in [-0.1, -0.05) is 12.1 Å². The number of hydrogen-bond donors (Lipinski definition) is 0. The number of nitrogens with zero attached hydrogens (tertiary/aromatic N) is 1. The maximum atomic E-state index is 12.5. The Labute approximate surface area is 175 Å². The Morgan fingerprint density at radius 2 is 1.66 bits per heavy atom. The minimum atomic E-state index is -0.417. The summed E-state index contributed by atoms with van der Waals surface area (Å²) in [4.78, 5) is 27.3. The van der Waals surface area contributed by atoms with Gasteiger partial charge in [0.2, 0.25) is 5.91 Å². The summed E-state index contributed by atoms with van der Waals surface area (Å²) in [6.45, 7) is 2.05. The quantitative estimate of drug-likeness (QED) is 0.354. The summed E-state index contributed by atoms with van der Waals surface area (Å²) in [5.74, 6) is 1.45. The van der Waals surface area contributed by atoms with Crippen LogP contribution in [-0.4, -0.2) is 55.9 Å². The summed E-state index contributed by atoms with van der Waals surface area (Å²) in [7, 11) is 1.60. The van der Waals surface area contributed by atoms with Gasteiger partial charge in [-0.3, -0.25) is 4.79 Å². The van der Waals surface area contributed by atoms with Crippen molar-refractivity contribution in [1.82, 2.24) is 4.90 Å². The lowest BCUT2D eigenvalue weighted by atomic mass is 10.2. The van der Waals surface area contributed by atoms with Crippen LogP contribution in [0.3, 0.4) is 0 Å². The molecule has 0 N–H and O–H groups in total. The molecule has 1 amide bonds. The molecule has 0 aromatic heterocycles. The number of benzene rings is 2. The standard InChI is InChI=1S/C22H25NO5S/c1-26-17-8-10-18(11-9-17)27-14-15-28-22(25)19-6-2-3-7-20(19)29-16-21(24)23-12-4-5-13-23/h2-3,6-11H,4-5,12-16H2,1H3. The monoisotopic (exact) mass is 415 g/mol. The number of thioether (sulfide) groups is 1. The van der Waals surface area contributed by atoms with Crippen molar-refractivity contribution >= 4 is 23.6 Å². The number of carbonyl (C=O) groups excluding carboxylic acids is 2. The molecule has 1 aliphatic rings. The highest BCUT2D eigenvalue weighted by Gasteiger charge is 2.19. The number of carbonyl (C=O) groups is 2. The third-order valence-electron chi connectivity index (χ3n) is 4.56. The van der Waals surface area contributed by atoms with Crippen LogP contribution >= 0.6 is 11.8 Å². The van der Waals surface area contributed by atoms with Gasteiger partial charge in [-0.05, 0) is 49.2 Å². The molecule has 0 spiro atoms. The van der Waals surface area contributed by atoms with Crippen LogP contribution in [0.25, 0.3) is 0 Å². The molecule has 0 radical (unpaired) electrons. The van der Waals surface area contributed by atoms with E-state index in [1.807, 2.05) is 17.0 Å². The molecule has 7 heteroatoms. The first kappa shape index (κ1) is 21.0. The summed E-state index contributed by atoms with van der Waals surface area (Å²) in [6, 6.07) is 14.4. The lowest BCUT2D eigenvalue weighted by molar-refractivity contribution is -0.127. The van der Waals surface area contributed by atoms with Crippen LogP contribution in [-0.2, 0) is 9.53 Å². The molecule has 0 unspecified atom stereocenters. The van der Waals surface area contributed by atoms with E-state index in [2.05, 4.69) is 0 Å². The van der Waals surface area contributed by atoms with Crippen molar-refractivity contribution in [3.63, 3.8) is 0 Å². The van der Waals surface area contributed by atoms with E-state index < -0.39 is 5.97 Å². The molecule has 29 heavy (non-hydrogen) atoms. The van der Waals surface area contributed by atoms with Crippen LogP contribution in [0.2, 0.25) is 0 Å². The van der Waals surface area contributed by atoms with Gasteiger partial charge in [0.1, 0.15) is 24.7 Å². The summed E-state index contributed by atoms with van der Waals surface area (Å²) < 4.78 is 16.0. The van der Waals surface area contributed by atoms with Crippen molar-refractivity contribution in [2.75, 3.05) is 39.2 Å². The number of methoxy groups -OCH3 is 1. The van der Waals surface area contributed by atoms with Gasteiger partial charge in [-0.2, -0.15) is 0 Å². The Balaban J connectivity index is 1.46. The van der Waals surface area contributed by atoms with Crippen molar-refractivity contribution < 1.29 is 23.8 Å². The number of rotatable bonds is 9. The van der Waals surface area contributed by atoms with Crippen molar-refractivity contribution in [3.8, 4) is 11.5 Å². The highest BCUT2D eigenvalue weighted by Crippen LogP contribution is 2.24. The van der Waals surface area contributed by atoms with E-state index in [1.54, 1.807) is 43.5 Å². The normalized spacial score (nSPS) is 13.2. The van der Waals surface area contributed by atoms with Crippen molar-refractivity contribution in [1.29, 1.82) is 0 Å². The molecule has 2 aromatic carbocycles. The van der Waals surface area contributed by atoms with Crippen LogP contribution in [0.5, 0.6) is 11.5 Å². The fraction of sp³-hybridized carbons (Fsp3) is 0.364. The number of likely N-dealkylation sites (tertiary alicyclic amines) is 1. The third-order valence-corrected chi connectivity index (χ3v) is 5.62. The molecule has 6 nitrogen and oxygen atoms in total. The van der Waals surface area contributed by atoms with Crippen molar-refractivity contribution in [3.05, 3.63) is 54.1 Å². The SMILES string of the molecule is COc1ccc(OCCOC(=O)c2ccccc2SCC(=O)N2CCCC2)cc1. The summed E-state index contributed by atoms with van der Waals surface area (Å²) in [6.07, 6.45) is 2.13. The molecule has 3 rings (SSSR count). The van der Waals surface area contributed by atoms with Gasteiger partial charge in [0, 0.05) is 18.0 Å². The van der Waals surface area contributed by atoms with E-state index in [4.69, 9.17) is 14.2 Å². The first-order valence-electron chi connectivity index (χ1n) is 9.61. The van der Waals surface area contributed by atoms with Gasteiger partial charge in [-0.15, -0.1) is 11.8 Å². The number of esters is 1. The zero-order chi connectivity index (χ0) is 20.5. The van der Waals surface area contributed by atoms with Gasteiger partial charge in [0.05, 0.1) is 18.4 Å². The van der Waals surface area contributed by atoms with E-state index in [9.17, 15) is 9.59 Å². The summed E-state index contributed by atoms with van der Waals surface area (Å²) >= 11 is 1.37. The first-order valence-corrected chi connectivity index (χ1v) is 10.6. The minimum Gasteiger partial charge on any atom is -0.497 e. The second kappa shape index (κ2) is 10.8. The molecular formula is C22H25NO5S. The largest absolute Gasteiger partial charge is 0.497 e. The van der Waals surface area contributed by atoms with Gasteiger partial charge in [0.25, 0.3) is 0 Å². The van der Waals surface area contributed by atoms with E-state index in [0.717, 1.165) is 36.6 Å². The molecular weight excluding hydrogens is 390 g/mol. The van der Waals surface area contributed by atoms with Gasteiger partial charge >= 0.3 is 5.97 Å². The first-order chi connectivity index (χ1) is 14.2. The Morgan fingerprint density at radius 1 is 0.966 bits per heavy atom. The van der Waals surface area contributed by atoms with E-state index >= 15 is 0 Å². The van der Waals surface area contributed by atoms with Crippen LogP contribution in [0.15, 0.2) is 53.4 Å². The van der Waals surface area contributed by atoms with E-state index in [-0.39, 0.29) is 19.1 Å². The second-order valence-electron chi connectivity index (χ2n) is 6.53. The fourth-order valence-electron chi connectivity index (χ4n) is 3.00. The highest BCUT2D eigenvalue weighted by molar-refractivity contribution is 8.00. The maximum Gasteiger partial charge on any atom is 0.339 e. The fourth-order valence-corrected chi connectivity index (χ4v) is 3.95. The zero-order valence-corrected chi connectivity index (χ0v) is 17.3. The molecule has 0 aliphatic carbocycles. The Hall–Kier alpha value is -2.67. The third kappa shape index (κ3) is 6.15. The molecule has 1 fully saturated rings. The van der Waals surface area contributed by atoms with Crippen LogP contribution in [0.4, 0.5) is 0 Å². The van der Waals surface area contributed by atoms with E-state index in [1.165, 1.54) is 11.8 Å². The van der Waals surface area contributed by atoms with E-state index in [0.29, 0.717) is 17.1 Å². The van der Waals surface area contributed by atoms with Crippen LogP contribution in [0.1, 0.15) is 23.2 Å². The number of ether oxygens (including phenoxy) is 3. The van der Waals surface area contributed by atoms with Gasteiger partial charge in [-0.25, -0.2) is 4.79 Å². The molecule has 1 heterocycles. The average molecular weight is 416 g/mol. The average Bonchev–Trinajstić information content (AvgIpc) is 3.30. The second-order valence-corrected chi connectivity index (χ2v) is 7.55. The van der Waals surface area contributed by atoms with Gasteiger partial charge < -0.3 is 19.1 Å². The molecule has 2 aromatic rings. The van der Waals surface area contributed by atoms with Gasteiger partial charge in [0.15, 0.2) is 0 Å². The minimum absolute atomic E-state index is 0.114. The number of amides is 1. The van der Waals surface area contributed by atoms with Crippen molar-refractivity contribution in [2.24, 2.45) is 0 Å². The molecule has 0 bridgehead atoms. The lowest BCUT2D eigenvalue weighted by Gasteiger charge is -2.15. The molecule has 0 saturated carbocycles. The Morgan fingerprint density at radius 3 is 2.38 bits per heavy atom. The topological polar surface area (TPSA) is 65.1 Å². The molecule has 1 saturated heterocycles. The van der Waals surface area contributed by atoms with Crippen molar-refractivity contribution in [2.45, 2.75) is 17.7 Å². The predicted molar refractivity (Wildman–Crippen MR) is 112 cm³/mol. The highest BCUT2D eigenvalue weighted by atomic mass is 32.2.